The Morgan fingerprint density at radius 3 is 2.00 bits per heavy atom. The molecule has 0 radical (unpaired) electrons. The van der Waals surface area contributed by atoms with Crippen LogP contribution in [-0.2, 0) is 18.4 Å². The van der Waals surface area contributed by atoms with E-state index in [-0.39, 0.29) is 18.2 Å². The van der Waals surface area contributed by atoms with Crippen LogP contribution in [0.5, 0.6) is 0 Å². The molecule has 0 unspecified atom stereocenters. The van der Waals surface area contributed by atoms with Crippen molar-refractivity contribution in [3.8, 4) is 0 Å². The predicted octanol–water partition coefficient (Wildman–Crippen LogP) is 9.54. The van der Waals surface area contributed by atoms with Gasteiger partial charge in [0.05, 0.1) is 19.3 Å². The molecule has 45 heavy (non-hydrogen) atoms. The van der Waals surface area contributed by atoms with Crippen LogP contribution in [0.4, 0.5) is 0 Å². The molecule has 0 aliphatic rings. The number of esters is 1. The Balaban J connectivity index is 1.89. The van der Waals surface area contributed by atoms with Gasteiger partial charge in [0.1, 0.15) is 0 Å². The molecule has 0 bridgehead atoms. The van der Waals surface area contributed by atoms with E-state index >= 15 is 0 Å². The minimum atomic E-state index is -3.24. The Morgan fingerprint density at radius 1 is 0.756 bits per heavy atom. The number of halogens is 1. The van der Waals surface area contributed by atoms with Gasteiger partial charge in [-0.2, -0.15) is 0 Å². The Bertz CT molecular complexity index is 1300. The Morgan fingerprint density at radius 2 is 1.36 bits per heavy atom. The molecule has 3 aromatic rings. The second-order valence-electron chi connectivity index (χ2n) is 11.1. The van der Waals surface area contributed by atoms with Crippen molar-refractivity contribution >= 4 is 40.8 Å². The lowest BCUT2D eigenvalue weighted by atomic mass is 10.1. The zero-order valence-electron chi connectivity index (χ0n) is 27.1. The van der Waals surface area contributed by atoms with E-state index in [2.05, 4.69) is 127 Å². The third-order valence-electron chi connectivity index (χ3n) is 7.60. The van der Waals surface area contributed by atoms with Crippen molar-refractivity contribution in [2.75, 3.05) is 7.11 Å². The minimum absolute atomic E-state index is 0.123. The molecule has 0 aliphatic carbocycles. The van der Waals surface area contributed by atoms with Gasteiger partial charge in [-0.25, -0.2) is 0 Å². The second kappa shape index (κ2) is 20.9. The lowest BCUT2D eigenvalue weighted by molar-refractivity contribution is -0.140. The van der Waals surface area contributed by atoms with Crippen LogP contribution in [0.2, 0.25) is 0 Å². The van der Waals surface area contributed by atoms with E-state index in [1.165, 1.54) is 7.11 Å². The fourth-order valence-electron chi connectivity index (χ4n) is 5.18. The number of carbonyl (C=O) groups excluding carboxylic acids is 1. The Hall–Kier alpha value is -3.03. The Labute approximate surface area is 280 Å². The lowest BCUT2D eigenvalue weighted by Crippen LogP contribution is -2.64. The van der Waals surface area contributed by atoms with Gasteiger partial charge >= 0.3 is 14.5 Å². The maximum atomic E-state index is 11.3. The molecular weight excluding hydrogens is 640 g/mol. The fraction of sp³-hybridized carbons (Fsp3) is 0.359. The highest BCUT2D eigenvalue weighted by Gasteiger charge is 2.45. The smallest absolute Gasteiger partial charge is 0.408 e. The van der Waals surface area contributed by atoms with Crippen LogP contribution in [0.15, 0.2) is 126 Å². The second-order valence-corrected chi connectivity index (χ2v) is 14.8. The third-order valence-corrected chi connectivity index (χ3v) is 11.8. The molecule has 3 rings (SSSR count). The largest absolute Gasteiger partial charge is 0.469 e. The number of benzene rings is 3. The van der Waals surface area contributed by atoms with Crippen LogP contribution in [0.3, 0.4) is 0 Å². The Kier molecular flexibility index (Phi) is 16.9. The first-order valence-corrected chi connectivity index (χ1v) is 18.9. The molecule has 0 heterocycles. The van der Waals surface area contributed by atoms with Gasteiger partial charge in [-0.1, -0.05) is 157 Å². The summed E-state index contributed by atoms with van der Waals surface area (Å²) in [7, 11) is -1.79. The van der Waals surface area contributed by atoms with Gasteiger partial charge in [0.25, 0.3) is 0 Å². The molecule has 0 amide bonds. The zero-order valence-corrected chi connectivity index (χ0v) is 29.7. The summed E-state index contributed by atoms with van der Waals surface area (Å²) < 4.78 is 20.3. The molecule has 0 spiro atoms. The number of carbonyl (C=O) groups is 1. The highest BCUT2D eigenvalue weighted by atomic mass is 79.9. The lowest BCUT2D eigenvalue weighted by Gasteiger charge is -2.36. The number of hydrogen-bond acceptors (Lipinski definition) is 4. The standard InChI is InChI=1S/C39H49BrO4Si/c1-4-5-6-10-15-24-34(25-16-11-8-7-9-12-21-32-39(41)42-3)44-45(35-26-17-13-18-27-35,36-28-19-14-20-29-36)43-33(2)37-30-22-23-31-38(37)40/h5-6,13-20,22-31,33-34H,4,7-12,21,32H2,1-3H3/b6-5-,24-15-,25-16-/t33-,34-/m0/s1. The summed E-state index contributed by atoms with van der Waals surface area (Å²) >= 11 is 3.75. The maximum absolute atomic E-state index is 11.3. The van der Waals surface area contributed by atoms with E-state index in [9.17, 15) is 4.79 Å². The van der Waals surface area contributed by atoms with Crippen LogP contribution in [0.25, 0.3) is 0 Å². The number of hydrogen-bond donors (Lipinski definition) is 0. The van der Waals surface area contributed by atoms with E-state index in [0.717, 1.165) is 71.8 Å². The van der Waals surface area contributed by atoms with Crippen molar-refractivity contribution in [3.05, 3.63) is 131 Å². The summed E-state index contributed by atoms with van der Waals surface area (Å²) in [5, 5.41) is 2.14. The van der Waals surface area contributed by atoms with Gasteiger partial charge in [-0.15, -0.1) is 0 Å². The molecule has 4 nitrogen and oxygen atoms in total. The predicted molar refractivity (Wildman–Crippen MR) is 193 cm³/mol. The highest BCUT2D eigenvalue weighted by Crippen LogP contribution is 2.29. The van der Waals surface area contributed by atoms with E-state index < -0.39 is 8.56 Å². The van der Waals surface area contributed by atoms with Gasteiger partial charge in [0.15, 0.2) is 0 Å². The van der Waals surface area contributed by atoms with Gasteiger partial charge in [-0.05, 0) is 61.0 Å². The van der Waals surface area contributed by atoms with Crippen LogP contribution in [0.1, 0.15) is 83.3 Å². The van der Waals surface area contributed by atoms with Crippen molar-refractivity contribution < 1.29 is 18.4 Å². The van der Waals surface area contributed by atoms with E-state index in [0.29, 0.717) is 6.42 Å². The average Bonchev–Trinajstić information content (AvgIpc) is 3.07. The summed E-state index contributed by atoms with van der Waals surface area (Å²) in [5.41, 5.74) is 1.09. The SMILES string of the molecule is CC/C=C\C/C=C\[C@@H](/C=C\CCCCCCCC(=O)OC)O[Si](O[C@@H](C)c1ccccc1Br)(c1ccccc1)c1ccccc1. The van der Waals surface area contributed by atoms with Gasteiger partial charge < -0.3 is 13.6 Å². The quantitative estimate of drug-likeness (QED) is 0.0513. The maximum Gasteiger partial charge on any atom is 0.408 e. The number of rotatable bonds is 20. The highest BCUT2D eigenvalue weighted by molar-refractivity contribution is 9.10. The molecule has 0 aliphatic heterocycles. The first kappa shape index (κ1) is 36.4. The van der Waals surface area contributed by atoms with Gasteiger partial charge in [0, 0.05) is 10.9 Å². The molecule has 6 heteroatoms. The van der Waals surface area contributed by atoms with E-state index in [4.69, 9.17) is 13.6 Å². The van der Waals surface area contributed by atoms with Gasteiger partial charge in [-0.3, -0.25) is 4.79 Å². The van der Waals surface area contributed by atoms with Crippen LogP contribution >= 0.6 is 15.9 Å². The van der Waals surface area contributed by atoms with E-state index in [1.807, 2.05) is 24.3 Å². The van der Waals surface area contributed by atoms with E-state index in [1.54, 1.807) is 0 Å². The number of unbranched alkanes of at least 4 members (excludes halogenated alkanes) is 5. The van der Waals surface area contributed by atoms with Crippen LogP contribution in [-0.4, -0.2) is 27.7 Å². The molecule has 240 valence electrons. The summed E-state index contributed by atoms with van der Waals surface area (Å²) in [5.74, 6) is -0.123. The van der Waals surface area contributed by atoms with Gasteiger partial charge in [0.2, 0.25) is 0 Å². The first-order valence-electron chi connectivity index (χ1n) is 16.3. The van der Waals surface area contributed by atoms with Crippen LogP contribution < -0.4 is 10.4 Å². The van der Waals surface area contributed by atoms with Crippen LogP contribution in [0, 0.1) is 0 Å². The molecule has 0 saturated heterocycles. The van der Waals surface area contributed by atoms with Crippen molar-refractivity contribution in [1.82, 2.24) is 0 Å². The molecular formula is C39H49BrO4Si. The third kappa shape index (κ3) is 12.4. The van der Waals surface area contributed by atoms with Crippen molar-refractivity contribution in [2.24, 2.45) is 0 Å². The average molecular weight is 690 g/mol. The first-order chi connectivity index (χ1) is 22.0. The monoisotopic (exact) mass is 688 g/mol. The summed E-state index contributed by atoms with van der Waals surface area (Å²) in [6, 6.07) is 29.1. The topological polar surface area (TPSA) is 44.8 Å². The number of allylic oxidation sites excluding steroid dienone is 4. The summed E-state index contributed by atoms with van der Waals surface area (Å²) in [4.78, 5) is 11.3. The molecule has 3 aromatic carbocycles. The zero-order chi connectivity index (χ0) is 32.2. The molecule has 0 fully saturated rings. The number of ether oxygens (including phenoxy) is 1. The number of methoxy groups -OCH3 is 1. The molecule has 2 atom stereocenters. The molecule has 0 saturated carbocycles. The minimum Gasteiger partial charge on any atom is -0.469 e. The molecule has 0 N–H and O–H groups in total. The summed E-state index contributed by atoms with van der Waals surface area (Å²) in [6.07, 6.45) is 21.3. The van der Waals surface area contributed by atoms with Crippen molar-refractivity contribution in [3.63, 3.8) is 0 Å². The fourth-order valence-corrected chi connectivity index (χ4v) is 9.15. The molecule has 0 aromatic heterocycles. The van der Waals surface area contributed by atoms with Crippen molar-refractivity contribution in [2.45, 2.75) is 83.8 Å². The van der Waals surface area contributed by atoms with Crippen molar-refractivity contribution in [1.29, 1.82) is 0 Å². The normalized spacial score (nSPS) is 13.5. The summed E-state index contributed by atoms with van der Waals surface area (Å²) in [6.45, 7) is 4.26.